The van der Waals surface area contributed by atoms with E-state index in [0.717, 1.165) is 37.4 Å². The molecule has 2 aromatic carbocycles. The van der Waals surface area contributed by atoms with Gasteiger partial charge in [0.05, 0.1) is 29.8 Å². The number of hydrogen-bond acceptors (Lipinski definition) is 9. The van der Waals surface area contributed by atoms with E-state index in [0.29, 0.717) is 41.9 Å². The van der Waals surface area contributed by atoms with Crippen molar-refractivity contribution in [2.75, 3.05) is 51.8 Å². The number of amides is 1. The first-order chi connectivity index (χ1) is 18.3. The minimum absolute atomic E-state index is 0.0736. The van der Waals surface area contributed by atoms with Gasteiger partial charge >= 0.3 is 0 Å². The number of likely N-dealkylation sites (N-methyl/N-ethyl adjacent to an activating group) is 1. The van der Waals surface area contributed by atoms with Crippen molar-refractivity contribution in [1.29, 1.82) is 0 Å². The van der Waals surface area contributed by atoms with E-state index in [2.05, 4.69) is 16.8 Å². The second-order valence-corrected chi connectivity index (χ2v) is 9.56. The molecular weight excluding hydrogens is 488 g/mol. The fourth-order valence-electron chi connectivity index (χ4n) is 4.68. The van der Waals surface area contributed by atoms with E-state index in [1.807, 2.05) is 18.2 Å². The number of fused-ring (bicyclic) bond motifs is 1. The Morgan fingerprint density at radius 3 is 2.53 bits per heavy atom. The zero-order chi connectivity index (χ0) is 26.8. The second kappa shape index (κ2) is 10.6. The third-order valence-electron chi connectivity index (χ3n) is 6.99. The Kier molecular flexibility index (Phi) is 7.10. The highest BCUT2D eigenvalue weighted by Gasteiger charge is 2.30. The Hall–Kier alpha value is -4.25. The number of anilines is 1. The Morgan fingerprint density at radius 1 is 1.03 bits per heavy atom. The zero-order valence-corrected chi connectivity index (χ0v) is 21.7. The van der Waals surface area contributed by atoms with Gasteiger partial charge in [-0.15, -0.1) is 0 Å². The molecule has 2 aliphatic heterocycles. The van der Waals surface area contributed by atoms with Crippen LogP contribution in [0.4, 0.5) is 11.6 Å². The largest absolute Gasteiger partial charge is 0.497 e. The number of nitrogens with zero attached hydrogens (tertiary/aromatic N) is 6. The summed E-state index contributed by atoms with van der Waals surface area (Å²) in [6.45, 7) is 5.77. The normalized spacial score (nSPS) is 15.7. The molecule has 3 aromatic rings. The number of aryl methyl sites for hydroxylation is 1. The lowest BCUT2D eigenvalue weighted by Crippen LogP contribution is -2.45. The van der Waals surface area contributed by atoms with Crippen LogP contribution in [0.3, 0.4) is 0 Å². The first kappa shape index (κ1) is 25.4. The molecule has 1 fully saturated rings. The molecule has 0 N–H and O–H groups in total. The molecule has 11 nitrogen and oxygen atoms in total. The van der Waals surface area contributed by atoms with Crippen LogP contribution in [0.15, 0.2) is 42.5 Å². The van der Waals surface area contributed by atoms with E-state index in [9.17, 15) is 14.9 Å². The number of benzene rings is 2. The first-order valence-corrected chi connectivity index (χ1v) is 12.5. The maximum Gasteiger partial charge on any atom is 0.273 e. The second-order valence-electron chi connectivity index (χ2n) is 9.56. The summed E-state index contributed by atoms with van der Waals surface area (Å²) in [4.78, 5) is 40.1. The number of methoxy groups -OCH3 is 1. The quantitative estimate of drug-likeness (QED) is 0.357. The summed E-state index contributed by atoms with van der Waals surface area (Å²) in [5, 5.41) is 11.4. The van der Waals surface area contributed by atoms with Crippen molar-refractivity contribution in [3.8, 4) is 17.4 Å². The van der Waals surface area contributed by atoms with Crippen molar-refractivity contribution in [2.45, 2.75) is 19.9 Å². The van der Waals surface area contributed by atoms with Crippen molar-refractivity contribution in [3.05, 3.63) is 75.0 Å². The molecule has 38 heavy (non-hydrogen) atoms. The summed E-state index contributed by atoms with van der Waals surface area (Å²) in [6, 6.07) is 11.8. The monoisotopic (exact) mass is 518 g/mol. The van der Waals surface area contributed by atoms with Crippen LogP contribution < -0.4 is 14.4 Å². The molecule has 5 rings (SSSR count). The minimum atomic E-state index is -0.467. The molecule has 0 unspecified atom stereocenters. The molecule has 3 heterocycles. The van der Waals surface area contributed by atoms with Gasteiger partial charge in [-0.1, -0.05) is 12.1 Å². The molecule has 0 bridgehead atoms. The van der Waals surface area contributed by atoms with Crippen LogP contribution in [0.5, 0.6) is 17.4 Å². The predicted molar refractivity (Wildman–Crippen MR) is 141 cm³/mol. The van der Waals surface area contributed by atoms with Crippen LogP contribution in [0, 0.1) is 17.0 Å². The molecule has 0 spiro atoms. The van der Waals surface area contributed by atoms with Gasteiger partial charge in [0.1, 0.15) is 11.5 Å². The van der Waals surface area contributed by atoms with Gasteiger partial charge in [0.15, 0.2) is 0 Å². The molecule has 0 aliphatic carbocycles. The van der Waals surface area contributed by atoms with Gasteiger partial charge in [0, 0.05) is 62.4 Å². The lowest BCUT2D eigenvalue weighted by molar-refractivity contribution is -0.385. The van der Waals surface area contributed by atoms with Crippen molar-refractivity contribution in [2.24, 2.45) is 0 Å². The number of rotatable bonds is 6. The van der Waals surface area contributed by atoms with Gasteiger partial charge in [-0.3, -0.25) is 14.9 Å². The van der Waals surface area contributed by atoms with Gasteiger partial charge in [-0.25, -0.2) is 4.98 Å². The number of hydrogen-bond donors (Lipinski definition) is 0. The van der Waals surface area contributed by atoms with Crippen LogP contribution in [-0.2, 0) is 13.0 Å². The number of carbonyl (C=O) groups excluding carboxylic acids is 1. The van der Waals surface area contributed by atoms with E-state index >= 15 is 0 Å². The molecule has 2 aliphatic rings. The minimum Gasteiger partial charge on any atom is -0.497 e. The highest BCUT2D eigenvalue weighted by Crippen LogP contribution is 2.33. The van der Waals surface area contributed by atoms with Crippen molar-refractivity contribution >= 4 is 17.5 Å². The lowest BCUT2D eigenvalue weighted by Gasteiger charge is -2.34. The van der Waals surface area contributed by atoms with Crippen molar-refractivity contribution in [1.82, 2.24) is 19.8 Å². The third-order valence-corrected chi connectivity index (χ3v) is 6.99. The number of nitro benzene ring substituents is 1. The number of nitro groups is 1. The molecule has 1 amide bonds. The van der Waals surface area contributed by atoms with Gasteiger partial charge < -0.3 is 24.2 Å². The van der Waals surface area contributed by atoms with Crippen LogP contribution in [0.2, 0.25) is 0 Å². The van der Waals surface area contributed by atoms with Crippen molar-refractivity contribution in [3.63, 3.8) is 0 Å². The molecule has 1 saturated heterocycles. The molecule has 0 saturated carbocycles. The number of ether oxygens (including phenoxy) is 2. The molecule has 0 radical (unpaired) electrons. The maximum absolute atomic E-state index is 13.4. The SMILES string of the molecule is COc1cccc(Oc2nc(N3CCN(C)CC3)nc3c2CN(C(=O)c2ccc(C)c([N+](=O)[O-])c2)CC3)c1. The topological polar surface area (TPSA) is 114 Å². The molecular formula is C27H30N6O5. The Balaban J connectivity index is 1.48. The molecule has 1 aromatic heterocycles. The fourth-order valence-corrected chi connectivity index (χ4v) is 4.68. The highest BCUT2D eigenvalue weighted by atomic mass is 16.6. The van der Waals surface area contributed by atoms with Gasteiger partial charge in [-0.2, -0.15) is 4.98 Å². The summed E-state index contributed by atoms with van der Waals surface area (Å²) in [5.74, 6) is 1.94. The summed E-state index contributed by atoms with van der Waals surface area (Å²) in [6.07, 6.45) is 0.521. The van der Waals surface area contributed by atoms with Crippen molar-refractivity contribution < 1.29 is 19.2 Å². The van der Waals surface area contributed by atoms with Crippen LogP contribution in [0.25, 0.3) is 0 Å². The summed E-state index contributed by atoms with van der Waals surface area (Å²) in [7, 11) is 3.69. The molecule has 198 valence electrons. The van der Waals surface area contributed by atoms with Crippen LogP contribution in [-0.4, -0.2) is 77.5 Å². The van der Waals surface area contributed by atoms with Crippen LogP contribution in [0.1, 0.15) is 27.2 Å². The number of carbonyl (C=O) groups is 1. The van der Waals surface area contributed by atoms with E-state index in [1.165, 1.54) is 6.07 Å². The van der Waals surface area contributed by atoms with E-state index in [-0.39, 0.29) is 23.7 Å². The van der Waals surface area contributed by atoms with Gasteiger partial charge in [0.25, 0.3) is 11.6 Å². The van der Waals surface area contributed by atoms with Gasteiger partial charge in [0.2, 0.25) is 11.8 Å². The van der Waals surface area contributed by atoms with Crippen LogP contribution >= 0.6 is 0 Å². The lowest BCUT2D eigenvalue weighted by atomic mass is 10.0. The van der Waals surface area contributed by atoms with E-state index < -0.39 is 4.92 Å². The smallest absolute Gasteiger partial charge is 0.273 e. The Bertz CT molecular complexity index is 1370. The third kappa shape index (κ3) is 5.23. The average Bonchev–Trinajstić information content (AvgIpc) is 2.93. The highest BCUT2D eigenvalue weighted by molar-refractivity contribution is 5.95. The Labute approximate surface area is 220 Å². The summed E-state index contributed by atoms with van der Waals surface area (Å²) in [5.41, 5.74) is 2.28. The van der Waals surface area contributed by atoms with E-state index in [1.54, 1.807) is 37.1 Å². The predicted octanol–water partition coefficient (Wildman–Crippen LogP) is 3.44. The van der Waals surface area contributed by atoms with E-state index in [4.69, 9.17) is 19.4 Å². The average molecular weight is 519 g/mol. The molecule has 0 atom stereocenters. The summed E-state index contributed by atoms with van der Waals surface area (Å²) >= 11 is 0. The number of piperazine rings is 1. The summed E-state index contributed by atoms with van der Waals surface area (Å²) < 4.78 is 11.6. The standard InChI is InChI=1S/C27H30N6O5/c1-18-7-8-19(15-24(18)33(35)36)26(34)32-10-9-23-22(17-32)25(38-21-6-4-5-20(16-21)37-3)29-27(28-23)31-13-11-30(2)12-14-31/h4-8,15-16H,9-14,17H2,1-3H3. The zero-order valence-electron chi connectivity index (χ0n) is 21.7. The number of aromatic nitrogens is 2. The van der Waals surface area contributed by atoms with Gasteiger partial charge in [-0.05, 0) is 32.2 Å². The fraction of sp³-hybridized carbons (Fsp3) is 0.370. The maximum atomic E-state index is 13.4. The first-order valence-electron chi connectivity index (χ1n) is 12.5. The Morgan fingerprint density at radius 2 is 1.79 bits per heavy atom. The molecule has 11 heteroatoms.